The van der Waals surface area contributed by atoms with Crippen LogP contribution in [0.2, 0.25) is 0 Å². The Kier molecular flexibility index (Phi) is 15.6. The van der Waals surface area contributed by atoms with E-state index < -0.39 is 123 Å². The third-order valence-electron chi connectivity index (χ3n) is 7.36. The van der Waals surface area contributed by atoms with Gasteiger partial charge in [0.1, 0.15) is 18.8 Å². The van der Waals surface area contributed by atoms with E-state index in [1.54, 1.807) is 30.3 Å². The molecule has 0 amide bonds. The molecule has 2 aliphatic heterocycles. The lowest BCUT2D eigenvalue weighted by Crippen LogP contribution is -2.65. The summed E-state index contributed by atoms with van der Waals surface area (Å²) in [5.41, 5.74) is 0.386. The number of ether oxygens (including phenoxy) is 11. The highest BCUT2D eigenvalue weighted by Crippen LogP contribution is 2.35. The van der Waals surface area contributed by atoms with E-state index in [1.165, 1.54) is 0 Å². The fourth-order valence-corrected chi connectivity index (χ4v) is 5.56. The number of esters is 7. The second kappa shape index (κ2) is 19.6. The molecule has 3 rings (SSSR count). The molecule has 2 saturated heterocycles. The Labute approximate surface area is 303 Å². The van der Waals surface area contributed by atoms with Gasteiger partial charge in [0, 0.05) is 48.5 Å². The van der Waals surface area contributed by atoms with Gasteiger partial charge >= 0.3 is 41.8 Å². The maximum Gasteiger partial charge on any atom is 0.303 e. The molecule has 2 fully saturated rings. The summed E-state index contributed by atoms with van der Waals surface area (Å²) in [7, 11) is 0. The Morgan fingerprint density at radius 3 is 1.40 bits per heavy atom. The third kappa shape index (κ3) is 12.5. The second-order valence-corrected chi connectivity index (χ2v) is 11.7. The smallest absolute Gasteiger partial charge is 0.303 e. The van der Waals surface area contributed by atoms with Crippen LogP contribution in [-0.4, -0.2) is 116 Å². The molecule has 0 saturated carbocycles. The molecule has 0 aromatic heterocycles. The first-order chi connectivity index (χ1) is 25.0. The van der Waals surface area contributed by atoms with Crippen LogP contribution in [0.15, 0.2) is 30.3 Å². The van der Waals surface area contributed by atoms with Crippen molar-refractivity contribution in [2.75, 3.05) is 13.2 Å². The van der Waals surface area contributed by atoms with Crippen molar-refractivity contribution in [2.24, 2.45) is 0 Å². The summed E-state index contributed by atoms with van der Waals surface area (Å²) >= 11 is 0. The Balaban J connectivity index is 2.08. The quantitative estimate of drug-likeness (QED) is 0.189. The van der Waals surface area contributed by atoms with Crippen LogP contribution >= 0.6 is 0 Å². The normalized spacial score (nSPS) is 28.5. The zero-order chi connectivity index (χ0) is 39.4. The molecule has 1 aromatic rings. The molecule has 290 valence electrons. The van der Waals surface area contributed by atoms with E-state index in [4.69, 9.17) is 52.1 Å². The summed E-state index contributed by atoms with van der Waals surface area (Å²) in [6.07, 6.45) is -16.9. The van der Waals surface area contributed by atoms with Crippen LogP contribution in [0.5, 0.6) is 0 Å². The van der Waals surface area contributed by atoms with E-state index in [2.05, 4.69) is 0 Å². The van der Waals surface area contributed by atoms with Crippen molar-refractivity contribution < 1.29 is 85.7 Å². The maximum absolute atomic E-state index is 12.4. The molecule has 2 heterocycles. The van der Waals surface area contributed by atoms with Gasteiger partial charge in [0.15, 0.2) is 49.0 Å². The van der Waals surface area contributed by atoms with Gasteiger partial charge in [0.2, 0.25) is 6.29 Å². The van der Waals surface area contributed by atoms with E-state index in [0.717, 1.165) is 48.5 Å². The highest BCUT2D eigenvalue weighted by molar-refractivity contribution is 5.69. The van der Waals surface area contributed by atoms with E-state index >= 15 is 0 Å². The van der Waals surface area contributed by atoms with Gasteiger partial charge in [-0.25, -0.2) is 0 Å². The maximum atomic E-state index is 12.4. The topological polar surface area (TPSA) is 245 Å². The lowest BCUT2D eigenvalue weighted by atomic mass is 9.97. The van der Waals surface area contributed by atoms with E-state index in [9.17, 15) is 38.8 Å². The molecule has 0 aliphatic carbocycles. The third-order valence-corrected chi connectivity index (χ3v) is 7.36. The van der Waals surface area contributed by atoms with Crippen molar-refractivity contribution in [1.29, 1.82) is 5.26 Å². The lowest BCUT2D eigenvalue weighted by molar-refractivity contribution is -0.337. The molecule has 1 aromatic carbocycles. The first kappa shape index (κ1) is 42.3. The van der Waals surface area contributed by atoms with E-state index in [0.29, 0.717) is 5.56 Å². The number of hydrogen-bond acceptors (Lipinski definition) is 19. The zero-order valence-electron chi connectivity index (χ0n) is 29.9. The predicted molar refractivity (Wildman–Crippen MR) is 169 cm³/mol. The largest absolute Gasteiger partial charge is 0.463 e. The summed E-state index contributed by atoms with van der Waals surface area (Å²) < 4.78 is 61.9. The molecule has 0 spiro atoms. The monoisotopic (exact) mass is 751 g/mol. The van der Waals surface area contributed by atoms with Crippen molar-refractivity contribution in [3.05, 3.63) is 35.9 Å². The average molecular weight is 752 g/mol. The molecular formula is C34H41NO18. The van der Waals surface area contributed by atoms with Gasteiger partial charge in [-0.05, 0) is 5.56 Å². The number of nitriles is 1. The van der Waals surface area contributed by atoms with Gasteiger partial charge in [0.05, 0.1) is 12.7 Å². The molecule has 11 atom stereocenters. The summed E-state index contributed by atoms with van der Waals surface area (Å²) in [6.45, 7) is 6.18. The fraction of sp³-hybridized carbons (Fsp3) is 0.588. The number of benzene rings is 1. The molecular weight excluding hydrogens is 710 g/mol. The van der Waals surface area contributed by atoms with Gasteiger partial charge in [-0.3, -0.25) is 33.6 Å². The molecule has 19 heteroatoms. The van der Waals surface area contributed by atoms with Crippen LogP contribution in [-0.2, 0) is 85.7 Å². The average Bonchev–Trinajstić information content (AvgIpc) is 3.05. The molecule has 2 aliphatic rings. The Morgan fingerprint density at radius 2 is 0.962 bits per heavy atom. The van der Waals surface area contributed by atoms with Crippen LogP contribution in [0.25, 0.3) is 0 Å². The second-order valence-electron chi connectivity index (χ2n) is 11.7. The van der Waals surface area contributed by atoms with Gasteiger partial charge in [-0.2, -0.15) is 5.26 Å². The molecule has 1 unspecified atom stereocenters. The van der Waals surface area contributed by atoms with Crippen LogP contribution < -0.4 is 0 Å². The summed E-state index contributed by atoms with van der Waals surface area (Å²) in [6, 6.07) is 10.2. The van der Waals surface area contributed by atoms with Crippen LogP contribution in [0.3, 0.4) is 0 Å². The van der Waals surface area contributed by atoms with Gasteiger partial charge in [0.25, 0.3) is 0 Å². The SMILES string of the molecule is CC(=O)OC[C@H]1O[C@@H](OC[C@H]2O[C@@H](OC(C#N)c3ccccc3)[C@H](OC(C)=O)[C@@H](OC(C)=O)[C@@H]2OC(C)=O)[C@H](OC(C)=O)[C@@H](OC(C)=O)[C@@H]1OC(C)=O. The van der Waals surface area contributed by atoms with Gasteiger partial charge < -0.3 is 52.1 Å². The number of hydrogen-bond donors (Lipinski definition) is 0. The summed E-state index contributed by atoms with van der Waals surface area (Å²) in [5.74, 6) is -6.00. The minimum Gasteiger partial charge on any atom is -0.463 e. The molecule has 0 radical (unpaired) electrons. The van der Waals surface area contributed by atoms with Crippen LogP contribution in [0.4, 0.5) is 0 Å². The predicted octanol–water partition coefficient (Wildman–Crippen LogP) is 0.888. The van der Waals surface area contributed by atoms with Gasteiger partial charge in [-0.15, -0.1) is 0 Å². The Bertz CT molecular complexity index is 1530. The summed E-state index contributed by atoms with van der Waals surface area (Å²) in [4.78, 5) is 85.3. The van der Waals surface area contributed by atoms with Crippen molar-refractivity contribution in [3.63, 3.8) is 0 Å². The number of nitrogens with zero attached hydrogens (tertiary/aromatic N) is 1. The fourth-order valence-electron chi connectivity index (χ4n) is 5.56. The zero-order valence-corrected chi connectivity index (χ0v) is 29.9. The minimum atomic E-state index is -1.69. The van der Waals surface area contributed by atoms with E-state index in [-0.39, 0.29) is 0 Å². The molecule has 53 heavy (non-hydrogen) atoms. The minimum absolute atomic E-state index is 0.386. The van der Waals surface area contributed by atoms with Gasteiger partial charge in [-0.1, -0.05) is 30.3 Å². The standard InChI is InChI=1S/C34H41NO18/c1-16(36)43-14-25-27(45-17(2)37)29(47-19(4)39)31(49-21(6)41)33(52-25)44-15-26-28(46-18(3)38)30(48-20(5)40)32(50-22(7)42)34(53-26)51-24(13-35)23-11-9-8-10-12-23/h8-12,24-34H,14-15H2,1-7H3/t24?,25-,26-,27-,28-,29+,30+,31-,32-,33-,34-/m1/s1. The number of carbonyl (C=O) groups excluding carboxylic acids is 7. The van der Waals surface area contributed by atoms with E-state index in [1.807, 2.05) is 6.07 Å². The van der Waals surface area contributed by atoms with Crippen molar-refractivity contribution in [3.8, 4) is 6.07 Å². The first-order valence-electron chi connectivity index (χ1n) is 16.2. The van der Waals surface area contributed by atoms with Crippen molar-refractivity contribution in [2.45, 2.75) is 116 Å². The summed E-state index contributed by atoms with van der Waals surface area (Å²) in [5, 5.41) is 9.99. The first-order valence-corrected chi connectivity index (χ1v) is 16.2. The van der Waals surface area contributed by atoms with Crippen LogP contribution in [0, 0.1) is 11.3 Å². The number of carbonyl (C=O) groups is 7. The highest BCUT2D eigenvalue weighted by atomic mass is 16.8. The van der Waals surface area contributed by atoms with Crippen LogP contribution in [0.1, 0.15) is 60.1 Å². The molecule has 0 N–H and O–H groups in total. The number of rotatable bonds is 14. The van der Waals surface area contributed by atoms with Crippen molar-refractivity contribution in [1.82, 2.24) is 0 Å². The molecule has 19 nitrogen and oxygen atoms in total. The Morgan fingerprint density at radius 1 is 0.566 bits per heavy atom. The van der Waals surface area contributed by atoms with Crippen molar-refractivity contribution >= 4 is 41.8 Å². The molecule has 0 bridgehead atoms. The highest BCUT2D eigenvalue weighted by Gasteiger charge is 2.56. The lowest BCUT2D eigenvalue weighted by Gasteiger charge is -2.46. The Hall–Kier alpha value is -5.16.